The number of oxime groups is 1. The Morgan fingerprint density at radius 1 is 1.08 bits per heavy atom. The predicted molar refractivity (Wildman–Crippen MR) is 190 cm³/mol. The average molecular weight is 718 g/mol. The monoisotopic (exact) mass is 717 g/mol. The highest BCUT2D eigenvalue weighted by molar-refractivity contribution is 6.00. The molecule has 3 aliphatic heterocycles. The summed E-state index contributed by atoms with van der Waals surface area (Å²) in [7, 11) is 3.76. The van der Waals surface area contributed by atoms with Crippen molar-refractivity contribution in [2.45, 2.75) is 135 Å². The van der Waals surface area contributed by atoms with Crippen LogP contribution in [0.4, 0.5) is 0 Å². The van der Waals surface area contributed by atoms with E-state index in [1.165, 1.54) is 13.8 Å². The number of rotatable bonds is 7. The van der Waals surface area contributed by atoms with Crippen LogP contribution in [0.1, 0.15) is 79.7 Å². The Kier molecular flexibility index (Phi) is 14.0. The van der Waals surface area contributed by atoms with Gasteiger partial charge in [-0.1, -0.05) is 56.3 Å². The number of carbonyl (C=O) groups excluding carboxylic acids is 2. The summed E-state index contributed by atoms with van der Waals surface area (Å²) in [5.41, 5.74) is -1.48. The molecule has 2 bridgehead atoms. The van der Waals surface area contributed by atoms with Crippen LogP contribution in [0.25, 0.3) is 0 Å². The zero-order chi connectivity index (χ0) is 37.7. The summed E-state index contributed by atoms with van der Waals surface area (Å²) in [5.74, 6) is -3.85. The van der Waals surface area contributed by atoms with Gasteiger partial charge >= 0.3 is 5.97 Å². The lowest BCUT2D eigenvalue weighted by Gasteiger charge is -2.47. The molecule has 1 aromatic rings. The van der Waals surface area contributed by atoms with E-state index in [1.807, 2.05) is 70.1 Å². The first-order valence-corrected chi connectivity index (χ1v) is 18.1. The molecule has 4 rings (SSSR count). The van der Waals surface area contributed by atoms with E-state index in [1.54, 1.807) is 13.8 Å². The number of carbonyl (C=O) groups is 2. The zero-order valence-corrected chi connectivity index (χ0v) is 31.7. The Hall–Kier alpha value is -2.78. The number of ketones is 1. The summed E-state index contributed by atoms with van der Waals surface area (Å²) < 4.78 is 31.8. The summed E-state index contributed by atoms with van der Waals surface area (Å²) in [6.45, 7) is 12.0. The molecular weight excluding hydrogens is 658 g/mol. The highest BCUT2D eigenvalue weighted by atomic mass is 16.7. The van der Waals surface area contributed by atoms with Crippen LogP contribution in [-0.2, 0) is 44.7 Å². The molecule has 13 heteroatoms. The van der Waals surface area contributed by atoms with E-state index in [0.29, 0.717) is 12.1 Å². The van der Waals surface area contributed by atoms with E-state index >= 15 is 0 Å². The number of aliphatic hydroxyl groups is 2. The molecule has 3 N–H and O–H groups in total. The minimum Gasteiger partial charge on any atom is -0.459 e. The van der Waals surface area contributed by atoms with Crippen molar-refractivity contribution in [3.05, 3.63) is 35.9 Å². The van der Waals surface area contributed by atoms with Crippen LogP contribution in [0.5, 0.6) is 0 Å². The topological polar surface area (TPSA) is 169 Å². The summed E-state index contributed by atoms with van der Waals surface area (Å²) in [4.78, 5) is 35.5. The number of Topliss-reactive ketones (excluding diaryl/α,β-unsaturated/α-hetero) is 1. The van der Waals surface area contributed by atoms with E-state index in [4.69, 9.17) is 28.5 Å². The van der Waals surface area contributed by atoms with Gasteiger partial charge in [-0.15, -0.1) is 0 Å². The van der Waals surface area contributed by atoms with Gasteiger partial charge in [-0.25, -0.2) is 0 Å². The zero-order valence-electron chi connectivity index (χ0n) is 31.7. The first-order valence-electron chi connectivity index (χ1n) is 18.1. The van der Waals surface area contributed by atoms with Gasteiger partial charge in [0.25, 0.3) is 0 Å². The Bertz CT molecular complexity index is 1370. The molecule has 13 nitrogen and oxygen atoms in total. The molecule has 0 saturated carbocycles. The van der Waals surface area contributed by atoms with Gasteiger partial charge in [-0.2, -0.15) is 0 Å². The van der Waals surface area contributed by atoms with Gasteiger partial charge < -0.3 is 49.0 Å². The molecule has 3 fully saturated rings. The molecule has 51 heavy (non-hydrogen) atoms. The van der Waals surface area contributed by atoms with Crippen molar-refractivity contribution in [3.8, 4) is 0 Å². The van der Waals surface area contributed by atoms with Crippen molar-refractivity contribution < 1.29 is 48.3 Å². The maximum absolute atomic E-state index is 14.3. The van der Waals surface area contributed by atoms with Crippen molar-refractivity contribution in [2.24, 2.45) is 22.9 Å². The van der Waals surface area contributed by atoms with Gasteiger partial charge in [0.1, 0.15) is 36.0 Å². The van der Waals surface area contributed by atoms with Crippen molar-refractivity contribution >= 4 is 23.2 Å². The van der Waals surface area contributed by atoms with Crippen LogP contribution in [-0.4, -0.2) is 120 Å². The second-order valence-electron chi connectivity index (χ2n) is 15.3. The van der Waals surface area contributed by atoms with Crippen molar-refractivity contribution in [3.63, 3.8) is 0 Å². The van der Waals surface area contributed by atoms with Crippen molar-refractivity contribution in [1.82, 2.24) is 4.90 Å². The second-order valence-corrected chi connectivity index (χ2v) is 15.3. The lowest BCUT2D eigenvalue weighted by Crippen LogP contribution is -2.59. The normalized spacial score (nSPS) is 39.9. The summed E-state index contributed by atoms with van der Waals surface area (Å²) in [5, 5.41) is 37.1. The minimum absolute atomic E-state index is 0.0263. The van der Waals surface area contributed by atoms with Crippen molar-refractivity contribution in [2.75, 3.05) is 27.3 Å². The molecular formula is C38H59N3O10. The largest absolute Gasteiger partial charge is 0.459 e. The third-order valence-corrected chi connectivity index (χ3v) is 10.8. The molecule has 0 aliphatic carbocycles. The van der Waals surface area contributed by atoms with E-state index in [-0.39, 0.29) is 56.9 Å². The molecule has 0 aromatic heterocycles. The third kappa shape index (κ3) is 9.81. The van der Waals surface area contributed by atoms with Gasteiger partial charge in [0.15, 0.2) is 12.1 Å². The van der Waals surface area contributed by atoms with Crippen LogP contribution in [0, 0.1) is 23.2 Å². The average Bonchev–Trinajstić information content (AvgIpc) is 3.11. The molecule has 286 valence electrons. The van der Waals surface area contributed by atoms with Gasteiger partial charge in [0.2, 0.25) is 0 Å². The predicted octanol–water partition coefficient (Wildman–Crippen LogP) is 3.91. The molecule has 0 amide bonds. The summed E-state index contributed by atoms with van der Waals surface area (Å²) >= 11 is 0. The number of hydrogen-bond donors (Lipinski definition) is 3. The van der Waals surface area contributed by atoms with Gasteiger partial charge in [-0.05, 0) is 72.5 Å². The van der Waals surface area contributed by atoms with E-state index in [2.05, 4.69) is 5.16 Å². The number of esters is 1. The molecule has 3 saturated heterocycles. The Morgan fingerprint density at radius 2 is 1.76 bits per heavy atom. The molecule has 1 aromatic carbocycles. The number of hydrogen-bond acceptors (Lipinski definition) is 13. The Balaban J connectivity index is 1.83. The van der Waals surface area contributed by atoms with Crippen molar-refractivity contribution in [1.29, 1.82) is 5.41 Å². The van der Waals surface area contributed by atoms with Gasteiger partial charge in [0.05, 0.1) is 37.1 Å². The maximum atomic E-state index is 14.3. The summed E-state index contributed by atoms with van der Waals surface area (Å²) in [6.07, 6.45) is -4.47. The highest BCUT2D eigenvalue weighted by Crippen LogP contribution is 2.38. The number of nitrogens with zero attached hydrogens (tertiary/aromatic N) is 2. The number of aliphatic hydroxyl groups excluding tert-OH is 1. The van der Waals surface area contributed by atoms with E-state index < -0.39 is 71.4 Å². The maximum Gasteiger partial charge on any atom is 0.316 e. The lowest BCUT2D eigenvalue weighted by molar-refractivity contribution is -0.296. The van der Waals surface area contributed by atoms with E-state index in [0.717, 1.165) is 5.56 Å². The second kappa shape index (κ2) is 17.4. The van der Waals surface area contributed by atoms with Crippen LogP contribution >= 0.6 is 0 Å². The third-order valence-electron chi connectivity index (χ3n) is 10.8. The molecule has 3 heterocycles. The standard InChI is InChI=1S/C38H59N3O10/c1-10-30-38(7,45)31-17-28(39)22(2)18-37(6,47-21-27(20-46-31)40-48-19-26-14-12-11-13-15-26)34(24(4)32(42)25(5)35(44)50-30)51-36-33(43)29(41(8)9)16-23(3)49-36/h11-15,22-25,29-31,33-34,36,39,43,45H,10,16-21H2,1-9H3/b39-28?,40-27-/t22-,23-,24+,25-,29+,30+,31+,33-,34-,36+,37-,38-/m1/s1. The first-order chi connectivity index (χ1) is 24.0. The van der Waals surface area contributed by atoms with Crippen LogP contribution in [0.15, 0.2) is 35.5 Å². The molecule has 12 atom stereocenters. The van der Waals surface area contributed by atoms with Gasteiger partial charge in [0, 0.05) is 24.1 Å². The minimum atomic E-state index is -1.73. The number of fused-ring (bicyclic) bond motifs is 5. The molecule has 0 radical (unpaired) electrons. The fourth-order valence-electron chi connectivity index (χ4n) is 7.45. The SMILES string of the molecule is CC[C@@H]1OC(=O)[C@H](C)C(=O)[C@H](C)[C@@H](O[C@@H]2O[C@H](C)C[C@H](N(C)C)[C@H]2O)[C@@]2(C)C[C@@H](C)C(=N)C[C@H](OC/C(=N/OCc3ccccc3)CO2)[C@]1(C)O. The number of cyclic esters (lactones) is 1. The number of likely N-dealkylation sites (N-methyl/N-ethyl adjacent to an activating group) is 1. The quantitative estimate of drug-likeness (QED) is 0.212. The first kappa shape index (κ1) is 41.0. The number of benzene rings is 1. The Labute approximate surface area is 302 Å². The van der Waals surface area contributed by atoms with Gasteiger partial charge in [-0.3, -0.25) is 9.59 Å². The number of nitrogens with one attached hydrogen (secondary N) is 1. The van der Waals surface area contributed by atoms with Crippen LogP contribution in [0.2, 0.25) is 0 Å². The molecule has 3 aliphatic rings. The number of ether oxygens (including phenoxy) is 5. The van der Waals surface area contributed by atoms with Crippen LogP contribution < -0.4 is 0 Å². The molecule has 0 spiro atoms. The van der Waals surface area contributed by atoms with Crippen LogP contribution in [0.3, 0.4) is 0 Å². The highest BCUT2D eigenvalue weighted by Gasteiger charge is 2.51. The Morgan fingerprint density at radius 3 is 2.41 bits per heavy atom. The smallest absolute Gasteiger partial charge is 0.316 e. The fraction of sp³-hybridized carbons (Fsp3) is 0.737. The summed E-state index contributed by atoms with van der Waals surface area (Å²) in [6, 6.07) is 9.27. The van der Waals surface area contributed by atoms with E-state index in [9.17, 15) is 25.2 Å². The molecule has 0 unspecified atom stereocenters. The lowest BCUT2D eigenvalue weighted by atomic mass is 9.76. The fourth-order valence-corrected chi connectivity index (χ4v) is 7.45.